The third-order valence-electron chi connectivity index (χ3n) is 1.64. The summed E-state index contributed by atoms with van der Waals surface area (Å²) in [4.78, 5) is 0. The van der Waals surface area contributed by atoms with E-state index in [9.17, 15) is 0 Å². The van der Waals surface area contributed by atoms with Crippen molar-refractivity contribution in [2.24, 2.45) is 5.92 Å². The van der Waals surface area contributed by atoms with Crippen molar-refractivity contribution >= 4 is 34.6 Å². The quantitative estimate of drug-likeness (QED) is 0.550. The first-order valence-electron chi connectivity index (χ1n) is 3.22. The molecule has 0 N–H and O–H groups in total. The Labute approximate surface area is 75.1 Å². The van der Waals surface area contributed by atoms with Crippen LogP contribution in [-0.4, -0.2) is 28.2 Å². The molecule has 9 heavy (non-hydrogen) atoms. The first-order chi connectivity index (χ1) is 4.33. The molecule has 1 unspecified atom stereocenters. The van der Waals surface area contributed by atoms with Crippen molar-refractivity contribution in [1.82, 2.24) is 3.11 Å². The zero-order valence-corrected chi connectivity index (χ0v) is 8.61. The average molecular weight is 257 g/mol. The van der Waals surface area contributed by atoms with Crippen molar-refractivity contribution in [3.8, 4) is 0 Å². The second-order valence-electron chi connectivity index (χ2n) is 2.48. The average Bonchev–Trinajstić information content (AvgIpc) is 2.17. The lowest BCUT2D eigenvalue weighted by atomic mass is 10.2. The van der Waals surface area contributed by atoms with E-state index < -0.39 is 0 Å². The van der Waals surface area contributed by atoms with Gasteiger partial charge in [-0.1, -0.05) is 0 Å². The largest absolute Gasteiger partial charge is 0.247 e. The predicted molar refractivity (Wildman–Crippen MR) is 52.1 cm³/mol. The molecule has 1 rings (SSSR count). The number of halogens is 1. The van der Waals surface area contributed by atoms with Crippen molar-refractivity contribution in [2.45, 2.75) is 6.42 Å². The lowest BCUT2D eigenvalue weighted by molar-refractivity contribution is 0.589. The zero-order valence-electron chi connectivity index (χ0n) is 5.64. The maximum Gasteiger partial charge on any atom is 0.0201 e. The highest BCUT2D eigenvalue weighted by atomic mass is 127. The molecule has 1 saturated heterocycles. The molecule has 0 radical (unpaired) electrons. The standard InChI is InChI=1S/C6H12INS/c1-9-5-6-2-3-8(7)4-6/h6H,2-5H2,1H3. The van der Waals surface area contributed by atoms with Crippen molar-refractivity contribution in [3.05, 3.63) is 0 Å². The minimum atomic E-state index is 0.969. The molecule has 1 heterocycles. The second kappa shape index (κ2) is 4.03. The Morgan fingerprint density at radius 3 is 3.00 bits per heavy atom. The summed E-state index contributed by atoms with van der Waals surface area (Å²) in [5, 5.41) is 0. The van der Waals surface area contributed by atoms with Crippen LogP contribution in [-0.2, 0) is 0 Å². The van der Waals surface area contributed by atoms with E-state index in [2.05, 4.69) is 32.2 Å². The zero-order chi connectivity index (χ0) is 6.69. The number of rotatable bonds is 2. The molecule has 0 aromatic carbocycles. The number of nitrogens with zero attached hydrogens (tertiary/aromatic N) is 1. The first-order valence-corrected chi connectivity index (χ1v) is 5.58. The van der Waals surface area contributed by atoms with Gasteiger partial charge in [0.05, 0.1) is 0 Å². The van der Waals surface area contributed by atoms with E-state index in [1.807, 2.05) is 11.8 Å². The van der Waals surface area contributed by atoms with E-state index in [1.165, 1.54) is 25.3 Å². The summed E-state index contributed by atoms with van der Waals surface area (Å²) in [5.74, 6) is 2.32. The van der Waals surface area contributed by atoms with Crippen LogP contribution in [0.5, 0.6) is 0 Å². The molecule has 54 valence electrons. The van der Waals surface area contributed by atoms with Crippen LogP contribution >= 0.6 is 34.6 Å². The van der Waals surface area contributed by atoms with Gasteiger partial charge >= 0.3 is 0 Å². The van der Waals surface area contributed by atoms with Gasteiger partial charge in [0, 0.05) is 36.0 Å². The molecule has 1 nitrogen and oxygen atoms in total. The Bertz CT molecular complexity index is 87.1. The Hall–Kier alpha value is 1.04. The third-order valence-corrected chi connectivity index (χ3v) is 3.32. The molecule has 3 heteroatoms. The van der Waals surface area contributed by atoms with Gasteiger partial charge in [-0.15, -0.1) is 0 Å². The summed E-state index contributed by atoms with van der Waals surface area (Å²) in [6.45, 7) is 2.60. The summed E-state index contributed by atoms with van der Waals surface area (Å²) in [6.07, 6.45) is 3.60. The molecule has 1 aliphatic heterocycles. The molecular formula is C6H12INS. The van der Waals surface area contributed by atoms with Crippen LogP contribution in [0.1, 0.15) is 6.42 Å². The van der Waals surface area contributed by atoms with Gasteiger partial charge in [0.2, 0.25) is 0 Å². The second-order valence-corrected chi connectivity index (χ2v) is 4.75. The summed E-state index contributed by atoms with van der Waals surface area (Å²) >= 11 is 4.38. The van der Waals surface area contributed by atoms with E-state index in [4.69, 9.17) is 0 Å². The summed E-state index contributed by atoms with van der Waals surface area (Å²) in [6, 6.07) is 0. The molecular weight excluding hydrogens is 245 g/mol. The van der Waals surface area contributed by atoms with E-state index in [-0.39, 0.29) is 0 Å². The van der Waals surface area contributed by atoms with Crippen molar-refractivity contribution in [3.63, 3.8) is 0 Å². The molecule has 0 aliphatic carbocycles. The monoisotopic (exact) mass is 257 g/mol. The highest BCUT2D eigenvalue weighted by Gasteiger charge is 2.19. The van der Waals surface area contributed by atoms with Crippen molar-refractivity contribution in [1.29, 1.82) is 0 Å². The maximum absolute atomic E-state index is 2.41. The van der Waals surface area contributed by atoms with Crippen molar-refractivity contribution in [2.75, 3.05) is 25.1 Å². The molecule has 0 spiro atoms. The van der Waals surface area contributed by atoms with Gasteiger partial charge in [0.1, 0.15) is 0 Å². The van der Waals surface area contributed by atoms with Crippen LogP contribution in [0.4, 0.5) is 0 Å². The van der Waals surface area contributed by atoms with Gasteiger partial charge in [-0.25, -0.2) is 3.11 Å². The van der Waals surface area contributed by atoms with Gasteiger partial charge in [0.25, 0.3) is 0 Å². The molecule has 0 aromatic heterocycles. The van der Waals surface area contributed by atoms with E-state index in [0.717, 1.165) is 5.92 Å². The van der Waals surface area contributed by atoms with Crippen LogP contribution in [0.25, 0.3) is 0 Å². The SMILES string of the molecule is CSCC1CCN(I)C1. The number of hydrogen-bond acceptors (Lipinski definition) is 2. The molecule has 1 atom stereocenters. The van der Waals surface area contributed by atoms with Gasteiger partial charge in [-0.3, -0.25) is 0 Å². The topological polar surface area (TPSA) is 3.24 Å². The lowest BCUT2D eigenvalue weighted by Crippen LogP contribution is -2.08. The van der Waals surface area contributed by atoms with E-state index >= 15 is 0 Å². The molecule has 0 saturated carbocycles. The summed E-state index contributed by atoms with van der Waals surface area (Å²) < 4.78 is 2.39. The van der Waals surface area contributed by atoms with Crippen LogP contribution < -0.4 is 0 Å². The minimum Gasteiger partial charge on any atom is -0.247 e. The normalized spacial score (nSPS) is 29.3. The Morgan fingerprint density at radius 2 is 2.56 bits per heavy atom. The van der Waals surface area contributed by atoms with E-state index in [0.29, 0.717) is 0 Å². The minimum absolute atomic E-state index is 0.969. The number of hydrogen-bond donors (Lipinski definition) is 0. The third kappa shape index (κ3) is 2.63. The molecule has 1 fully saturated rings. The van der Waals surface area contributed by atoms with Gasteiger partial charge < -0.3 is 0 Å². The van der Waals surface area contributed by atoms with Crippen LogP contribution in [0.3, 0.4) is 0 Å². The molecule has 0 aromatic rings. The maximum atomic E-state index is 2.41. The molecule has 0 bridgehead atoms. The van der Waals surface area contributed by atoms with Gasteiger partial charge in [-0.05, 0) is 24.3 Å². The smallest absolute Gasteiger partial charge is 0.0201 e. The molecule has 1 aliphatic rings. The predicted octanol–water partition coefficient (Wildman–Crippen LogP) is 2.02. The highest BCUT2D eigenvalue weighted by Crippen LogP contribution is 2.21. The van der Waals surface area contributed by atoms with Crippen LogP contribution in [0.2, 0.25) is 0 Å². The Morgan fingerprint density at radius 1 is 1.78 bits per heavy atom. The van der Waals surface area contributed by atoms with Crippen molar-refractivity contribution < 1.29 is 0 Å². The number of thioether (sulfide) groups is 1. The fourth-order valence-corrected chi connectivity index (χ4v) is 2.74. The fraction of sp³-hybridized carbons (Fsp3) is 1.00. The van der Waals surface area contributed by atoms with Crippen LogP contribution in [0, 0.1) is 5.92 Å². The fourth-order valence-electron chi connectivity index (χ4n) is 1.16. The lowest BCUT2D eigenvalue weighted by Gasteiger charge is -2.05. The van der Waals surface area contributed by atoms with Gasteiger partial charge in [-0.2, -0.15) is 11.8 Å². The highest BCUT2D eigenvalue weighted by molar-refractivity contribution is 14.1. The summed E-state index contributed by atoms with van der Waals surface area (Å²) in [7, 11) is 0. The Balaban J connectivity index is 2.14. The van der Waals surface area contributed by atoms with Crippen LogP contribution in [0.15, 0.2) is 0 Å². The first kappa shape index (κ1) is 8.14. The summed E-state index contributed by atoms with van der Waals surface area (Å²) in [5.41, 5.74) is 0. The Kier molecular flexibility index (Phi) is 3.65. The van der Waals surface area contributed by atoms with Gasteiger partial charge in [0.15, 0.2) is 0 Å². The van der Waals surface area contributed by atoms with E-state index in [1.54, 1.807) is 0 Å². The molecule has 0 amide bonds.